The molecule has 0 bridgehead atoms. The zero-order chi connectivity index (χ0) is 16.6. The molecule has 3 heterocycles. The third-order valence-electron chi connectivity index (χ3n) is 4.60. The van der Waals surface area contributed by atoms with E-state index in [1.54, 1.807) is 18.4 Å². The van der Waals surface area contributed by atoms with Crippen LogP contribution in [0, 0.1) is 0 Å². The van der Waals surface area contributed by atoms with Crippen molar-refractivity contribution in [1.29, 1.82) is 0 Å². The predicted octanol–water partition coefficient (Wildman–Crippen LogP) is 4.16. The maximum absolute atomic E-state index is 13.5. The summed E-state index contributed by atoms with van der Waals surface area (Å²) in [6.07, 6.45) is 8.13. The van der Waals surface area contributed by atoms with Crippen LogP contribution >= 0.6 is 11.3 Å². The van der Waals surface area contributed by atoms with Crippen LogP contribution in [0.3, 0.4) is 0 Å². The van der Waals surface area contributed by atoms with Crippen molar-refractivity contribution in [3.05, 3.63) is 76.1 Å². The Labute approximate surface area is 145 Å². The van der Waals surface area contributed by atoms with Gasteiger partial charge < -0.3 is 4.74 Å². The summed E-state index contributed by atoms with van der Waals surface area (Å²) in [6, 6.07) is 12.0. The first-order valence-electron chi connectivity index (χ1n) is 7.93. The van der Waals surface area contributed by atoms with Crippen LogP contribution in [0.5, 0.6) is 0 Å². The van der Waals surface area contributed by atoms with E-state index < -0.39 is 0 Å². The Bertz CT molecular complexity index is 876. The maximum Gasteiger partial charge on any atom is 0.356 e. The number of rotatable bonds is 4. The first-order valence-corrected chi connectivity index (χ1v) is 8.81. The molecule has 1 atom stereocenters. The van der Waals surface area contributed by atoms with Crippen LogP contribution in [0.15, 0.2) is 60.1 Å². The summed E-state index contributed by atoms with van der Waals surface area (Å²) in [5.41, 5.74) is 3.93. The molecule has 3 nitrogen and oxygen atoms in total. The van der Waals surface area contributed by atoms with Crippen molar-refractivity contribution in [3.8, 4) is 0 Å². The number of amides is 1. The Morgan fingerprint density at radius 3 is 2.75 bits per heavy atom. The van der Waals surface area contributed by atoms with E-state index in [1.165, 1.54) is 10.4 Å². The normalized spacial score (nSPS) is 21.8. The molecular weight excluding hydrogens is 318 g/mol. The number of quaternary nitrogens is 1. The Hall–Kier alpha value is -2.27. The van der Waals surface area contributed by atoms with E-state index in [4.69, 9.17) is 4.74 Å². The third kappa shape index (κ3) is 2.23. The van der Waals surface area contributed by atoms with Crippen molar-refractivity contribution in [2.75, 3.05) is 20.3 Å². The zero-order valence-electron chi connectivity index (χ0n) is 13.4. The highest BCUT2D eigenvalue weighted by atomic mass is 32.1. The van der Waals surface area contributed by atoms with Gasteiger partial charge in [-0.3, -0.25) is 0 Å². The summed E-state index contributed by atoms with van der Waals surface area (Å²) in [7, 11) is 1.67. The van der Waals surface area contributed by atoms with E-state index in [1.807, 2.05) is 42.6 Å². The maximum atomic E-state index is 13.5. The second kappa shape index (κ2) is 5.98. The molecule has 120 valence electrons. The number of fused-ring (bicyclic) bond motifs is 3. The van der Waals surface area contributed by atoms with Gasteiger partial charge in [0.15, 0.2) is 5.70 Å². The van der Waals surface area contributed by atoms with Gasteiger partial charge in [0.25, 0.3) is 0 Å². The molecule has 0 saturated heterocycles. The average molecular weight is 336 g/mol. The molecule has 0 fully saturated rings. The first kappa shape index (κ1) is 15.3. The molecule has 4 heteroatoms. The molecule has 1 amide bonds. The minimum Gasteiger partial charge on any atom is -0.379 e. The van der Waals surface area contributed by atoms with Crippen LogP contribution in [0.25, 0.3) is 17.3 Å². The van der Waals surface area contributed by atoms with Gasteiger partial charge in [-0.05, 0) is 23.1 Å². The molecule has 0 radical (unpaired) electrons. The molecule has 2 aliphatic heterocycles. The van der Waals surface area contributed by atoms with Gasteiger partial charge in [-0.15, -0.1) is 11.3 Å². The molecule has 4 rings (SSSR count). The fourth-order valence-electron chi connectivity index (χ4n) is 3.33. The average Bonchev–Trinajstić information content (AvgIpc) is 3.10. The Balaban J connectivity index is 1.88. The van der Waals surface area contributed by atoms with E-state index in [-0.39, 0.29) is 10.4 Å². The van der Waals surface area contributed by atoms with Gasteiger partial charge in [-0.1, -0.05) is 30.3 Å². The summed E-state index contributed by atoms with van der Waals surface area (Å²) in [4.78, 5) is 14.7. The van der Waals surface area contributed by atoms with Crippen molar-refractivity contribution in [3.63, 3.8) is 0 Å². The van der Waals surface area contributed by atoms with Gasteiger partial charge in [0, 0.05) is 24.8 Å². The number of ether oxygens (including phenoxy) is 1. The molecule has 2 aliphatic rings. The summed E-state index contributed by atoms with van der Waals surface area (Å²) >= 11 is 1.68. The van der Waals surface area contributed by atoms with Gasteiger partial charge in [-0.25, -0.2) is 4.79 Å². The minimum absolute atomic E-state index is 0.103. The number of benzene rings is 1. The van der Waals surface area contributed by atoms with E-state index in [9.17, 15) is 4.79 Å². The molecule has 1 aromatic carbocycles. The standard InChI is InChI=1S/C20H18NO2S/c1-23-13-12-21-11-9-16-10-14-24-19(16)18(21)8-7-17(20(21)22)15-5-3-2-4-6-15/h2-11,14H,12-13H2,1H3/q+1. The molecule has 2 aromatic rings. The van der Waals surface area contributed by atoms with Crippen LogP contribution in [-0.2, 0) is 9.53 Å². The molecule has 0 spiro atoms. The van der Waals surface area contributed by atoms with E-state index in [2.05, 4.69) is 23.6 Å². The number of thiophene rings is 1. The fourth-order valence-corrected chi connectivity index (χ4v) is 4.31. The molecule has 1 unspecified atom stereocenters. The first-order chi connectivity index (χ1) is 11.8. The van der Waals surface area contributed by atoms with Crippen molar-refractivity contribution in [2.24, 2.45) is 0 Å². The molecule has 1 aromatic heterocycles. The molecule has 0 aliphatic carbocycles. The van der Waals surface area contributed by atoms with Crippen LogP contribution in [0.4, 0.5) is 0 Å². The zero-order valence-corrected chi connectivity index (χ0v) is 14.3. The van der Waals surface area contributed by atoms with Gasteiger partial charge in [0.2, 0.25) is 0 Å². The second-order valence-electron chi connectivity index (χ2n) is 5.91. The number of hydrogen-bond donors (Lipinski definition) is 0. The summed E-state index contributed by atoms with van der Waals surface area (Å²) in [5.74, 6) is 0.103. The van der Waals surface area contributed by atoms with Crippen LogP contribution < -0.4 is 0 Å². The lowest BCUT2D eigenvalue weighted by Gasteiger charge is -2.37. The minimum atomic E-state index is 0.103. The van der Waals surface area contributed by atoms with E-state index in [0.717, 1.165) is 16.8 Å². The molecule has 0 N–H and O–H groups in total. The number of nitrogens with zero attached hydrogens (tertiary/aromatic N) is 1. The van der Waals surface area contributed by atoms with Crippen molar-refractivity contribution >= 4 is 34.6 Å². The lowest BCUT2D eigenvalue weighted by Crippen LogP contribution is -2.50. The Morgan fingerprint density at radius 1 is 1.12 bits per heavy atom. The van der Waals surface area contributed by atoms with E-state index in [0.29, 0.717) is 13.2 Å². The quantitative estimate of drug-likeness (QED) is 0.784. The largest absolute Gasteiger partial charge is 0.379 e. The van der Waals surface area contributed by atoms with Crippen LogP contribution in [0.2, 0.25) is 0 Å². The Morgan fingerprint density at radius 2 is 1.96 bits per heavy atom. The number of methoxy groups -OCH3 is 1. The van der Waals surface area contributed by atoms with Crippen molar-refractivity contribution < 1.29 is 14.0 Å². The summed E-state index contributed by atoms with van der Waals surface area (Å²) in [5, 5.41) is 2.08. The predicted molar refractivity (Wildman–Crippen MR) is 97.8 cm³/mol. The van der Waals surface area contributed by atoms with E-state index >= 15 is 0 Å². The number of carbonyl (C=O) groups excluding carboxylic acids is 1. The highest BCUT2D eigenvalue weighted by molar-refractivity contribution is 7.11. The van der Waals surface area contributed by atoms with Crippen LogP contribution in [-0.4, -0.2) is 30.7 Å². The van der Waals surface area contributed by atoms with Gasteiger partial charge >= 0.3 is 5.91 Å². The second-order valence-corrected chi connectivity index (χ2v) is 6.83. The number of allylic oxidation sites excluding steroid dienone is 2. The molecular formula is C20H18NO2S+. The number of hydrogen-bond acceptors (Lipinski definition) is 3. The third-order valence-corrected chi connectivity index (χ3v) is 5.55. The van der Waals surface area contributed by atoms with Gasteiger partial charge in [-0.2, -0.15) is 4.48 Å². The van der Waals surface area contributed by atoms with Crippen LogP contribution in [0.1, 0.15) is 16.0 Å². The van der Waals surface area contributed by atoms with Crippen molar-refractivity contribution in [1.82, 2.24) is 0 Å². The number of carbonyl (C=O) groups is 1. The lowest BCUT2D eigenvalue weighted by atomic mass is 9.95. The van der Waals surface area contributed by atoms with Gasteiger partial charge in [0.05, 0.1) is 17.1 Å². The summed E-state index contributed by atoms with van der Waals surface area (Å²) < 4.78 is 5.50. The fraction of sp³-hybridized carbons (Fsp3) is 0.150. The molecule has 24 heavy (non-hydrogen) atoms. The summed E-state index contributed by atoms with van der Waals surface area (Å²) in [6.45, 7) is 1.12. The highest BCUT2D eigenvalue weighted by Crippen LogP contribution is 2.43. The Kier molecular flexibility index (Phi) is 3.81. The topological polar surface area (TPSA) is 26.3 Å². The monoisotopic (exact) mass is 336 g/mol. The molecule has 0 saturated carbocycles. The van der Waals surface area contributed by atoms with Crippen molar-refractivity contribution in [2.45, 2.75) is 0 Å². The van der Waals surface area contributed by atoms with Gasteiger partial charge in [0.1, 0.15) is 12.7 Å². The highest BCUT2D eigenvalue weighted by Gasteiger charge is 2.46. The lowest BCUT2D eigenvalue weighted by molar-refractivity contribution is -0.724. The SMILES string of the molecule is COCC[N+]12C=Cc3ccsc3C1=CC=C(c1ccccc1)C2=O. The smallest absolute Gasteiger partial charge is 0.356 e.